The van der Waals surface area contributed by atoms with Gasteiger partial charge in [-0.3, -0.25) is 9.59 Å². The molecule has 0 saturated carbocycles. The van der Waals surface area contributed by atoms with Gasteiger partial charge < -0.3 is 15.5 Å². The van der Waals surface area contributed by atoms with Gasteiger partial charge in [0.25, 0.3) is 5.91 Å². The number of carboxylic acid groups (broad SMARTS) is 1. The lowest BCUT2D eigenvalue weighted by atomic mass is 10.2. The fourth-order valence-corrected chi connectivity index (χ4v) is 1.90. The smallest absolute Gasteiger partial charge is 0.325 e. The van der Waals surface area contributed by atoms with Crippen molar-refractivity contribution in [2.45, 2.75) is 13.1 Å². The molecule has 0 saturated heterocycles. The molecule has 0 fully saturated rings. The van der Waals surface area contributed by atoms with Crippen molar-refractivity contribution in [1.82, 2.24) is 20.3 Å². The third kappa shape index (κ3) is 4.15. The summed E-state index contributed by atoms with van der Waals surface area (Å²) < 4.78 is 1.82. The number of aliphatic carboxylic acids is 1. The minimum Gasteiger partial charge on any atom is -0.507 e. The summed E-state index contributed by atoms with van der Waals surface area (Å²) in [6, 6.07) is 4.60. The highest BCUT2D eigenvalue weighted by molar-refractivity contribution is 14.1. The number of carbonyl (C=O) groups is 2. The summed E-state index contributed by atoms with van der Waals surface area (Å²) in [5, 5.41) is 28.2. The van der Waals surface area contributed by atoms with Crippen LogP contribution in [0.1, 0.15) is 16.1 Å². The van der Waals surface area contributed by atoms with Crippen LogP contribution >= 0.6 is 22.6 Å². The number of nitrogens with zero attached hydrogens (tertiary/aromatic N) is 3. The van der Waals surface area contributed by atoms with E-state index in [1.54, 1.807) is 12.1 Å². The minimum absolute atomic E-state index is 0.0376. The largest absolute Gasteiger partial charge is 0.507 e. The topological polar surface area (TPSA) is 117 Å². The number of benzene rings is 1. The first-order chi connectivity index (χ1) is 9.95. The number of aromatic hydroxyl groups is 1. The zero-order valence-corrected chi connectivity index (χ0v) is 12.8. The van der Waals surface area contributed by atoms with E-state index < -0.39 is 5.97 Å². The van der Waals surface area contributed by atoms with Crippen molar-refractivity contribution in [1.29, 1.82) is 0 Å². The Kier molecular flexibility index (Phi) is 4.73. The summed E-state index contributed by atoms with van der Waals surface area (Å²) in [5.74, 6) is -1.35. The fourth-order valence-electron chi connectivity index (χ4n) is 1.56. The second-order valence-corrected chi connectivity index (χ2v) is 5.31. The maximum atomic E-state index is 11.9. The second-order valence-electron chi connectivity index (χ2n) is 4.15. The number of carboxylic acids is 1. The summed E-state index contributed by atoms with van der Waals surface area (Å²) >= 11 is 1.96. The number of rotatable bonds is 5. The molecule has 0 bridgehead atoms. The Labute approximate surface area is 132 Å². The first-order valence-corrected chi connectivity index (χ1v) is 6.91. The maximum absolute atomic E-state index is 11.9. The Morgan fingerprint density at radius 2 is 2.14 bits per heavy atom. The molecule has 8 nitrogen and oxygen atoms in total. The van der Waals surface area contributed by atoms with Crippen LogP contribution < -0.4 is 5.32 Å². The van der Waals surface area contributed by atoms with Crippen molar-refractivity contribution < 1.29 is 19.8 Å². The van der Waals surface area contributed by atoms with Gasteiger partial charge in [0, 0.05) is 5.56 Å². The van der Waals surface area contributed by atoms with Crippen molar-refractivity contribution in [3.63, 3.8) is 0 Å². The normalized spacial score (nSPS) is 10.3. The number of amides is 1. The number of carbonyl (C=O) groups excluding carboxylic acids is 1. The van der Waals surface area contributed by atoms with E-state index in [1.807, 2.05) is 22.6 Å². The Morgan fingerprint density at radius 3 is 2.81 bits per heavy atom. The van der Waals surface area contributed by atoms with Crippen molar-refractivity contribution in [2.24, 2.45) is 0 Å². The number of aromatic nitrogens is 3. The quantitative estimate of drug-likeness (QED) is 0.631. The van der Waals surface area contributed by atoms with Crippen LogP contribution in [-0.4, -0.2) is 37.1 Å². The monoisotopic (exact) mass is 402 g/mol. The van der Waals surface area contributed by atoms with E-state index in [-0.39, 0.29) is 24.7 Å². The minimum atomic E-state index is -1.02. The molecule has 0 atom stereocenters. The van der Waals surface area contributed by atoms with E-state index in [1.165, 1.54) is 16.9 Å². The number of phenols is 1. The lowest BCUT2D eigenvalue weighted by Gasteiger charge is -2.04. The standard InChI is InChI=1S/C12H11IN4O4/c13-9-2-1-7(3-10(9)18)12(21)14-4-8-5-17(16-15-8)6-11(19)20/h1-3,5,18H,4,6H2,(H,14,21)(H,19,20). The first kappa shape index (κ1) is 15.2. The zero-order valence-electron chi connectivity index (χ0n) is 10.7. The predicted molar refractivity (Wildman–Crippen MR) is 79.7 cm³/mol. The van der Waals surface area contributed by atoms with E-state index >= 15 is 0 Å². The zero-order chi connectivity index (χ0) is 15.4. The Balaban J connectivity index is 1.95. The van der Waals surface area contributed by atoms with E-state index in [4.69, 9.17) is 5.11 Å². The van der Waals surface area contributed by atoms with Crippen LogP contribution in [0.15, 0.2) is 24.4 Å². The highest BCUT2D eigenvalue weighted by Crippen LogP contribution is 2.20. The highest BCUT2D eigenvalue weighted by atomic mass is 127. The Bertz CT molecular complexity index is 686. The summed E-state index contributed by atoms with van der Waals surface area (Å²) in [5.41, 5.74) is 0.769. The molecule has 1 amide bonds. The molecule has 0 aliphatic heterocycles. The van der Waals surface area contributed by atoms with Crippen LogP contribution in [0.5, 0.6) is 5.75 Å². The van der Waals surface area contributed by atoms with Gasteiger partial charge in [-0.1, -0.05) is 5.21 Å². The lowest BCUT2D eigenvalue weighted by molar-refractivity contribution is -0.137. The molecule has 1 aromatic carbocycles. The number of phenolic OH excluding ortho intramolecular Hbond substituents is 1. The molecular formula is C12H11IN4O4. The Hall–Kier alpha value is -2.17. The second kappa shape index (κ2) is 6.52. The van der Waals surface area contributed by atoms with Gasteiger partial charge in [0.2, 0.25) is 0 Å². The van der Waals surface area contributed by atoms with Gasteiger partial charge in [0.1, 0.15) is 18.0 Å². The van der Waals surface area contributed by atoms with Crippen LogP contribution in [0.4, 0.5) is 0 Å². The van der Waals surface area contributed by atoms with Crippen LogP contribution in [0.25, 0.3) is 0 Å². The van der Waals surface area contributed by atoms with Gasteiger partial charge in [0.05, 0.1) is 16.3 Å². The number of nitrogens with one attached hydrogen (secondary N) is 1. The van der Waals surface area contributed by atoms with Crippen molar-refractivity contribution >= 4 is 34.5 Å². The maximum Gasteiger partial charge on any atom is 0.325 e. The molecule has 0 aliphatic rings. The molecule has 2 rings (SSSR count). The molecule has 0 unspecified atom stereocenters. The van der Waals surface area contributed by atoms with Crippen LogP contribution in [0.2, 0.25) is 0 Å². The Morgan fingerprint density at radius 1 is 1.38 bits per heavy atom. The average Bonchev–Trinajstić information content (AvgIpc) is 2.86. The fraction of sp³-hybridized carbons (Fsp3) is 0.167. The summed E-state index contributed by atoms with van der Waals surface area (Å²) in [4.78, 5) is 22.4. The molecular weight excluding hydrogens is 391 g/mol. The third-order valence-electron chi connectivity index (χ3n) is 2.52. The molecule has 110 valence electrons. The summed E-state index contributed by atoms with van der Waals surface area (Å²) in [6.07, 6.45) is 1.44. The number of hydrogen-bond donors (Lipinski definition) is 3. The van der Waals surface area contributed by atoms with Crippen molar-refractivity contribution in [3.8, 4) is 5.75 Å². The van der Waals surface area contributed by atoms with Gasteiger partial charge >= 0.3 is 5.97 Å². The van der Waals surface area contributed by atoms with Gasteiger partial charge in [-0.15, -0.1) is 5.10 Å². The van der Waals surface area contributed by atoms with Crippen LogP contribution in [0, 0.1) is 3.57 Å². The molecule has 3 N–H and O–H groups in total. The van der Waals surface area contributed by atoms with Crippen molar-refractivity contribution in [2.75, 3.05) is 0 Å². The van der Waals surface area contributed by atoms with Crippen molar-refractivity contribution in [3.05, 3.63) is 39.2 Å². The molecule has 0 radical (unpaired) electrons. The first-order valence-electron chi connectivity index (χ1n) is 5.83. The highest BCUT2D eigenvalue weighted by Gasteiger charge is 2.10. The molecule has 21 heavy (non-hydrogen) atoms. The predicted octanol–water partition coefficient (Wildman–Crippen LogP) is 0.603. The van der Waals surface area contributed by atoms with Gasteiger partial charge in [-0.25, -0.2) is 4.68 Å². The molecule has 2 aromatic rings. The molecule has 0 aliphatic carbocycles. The lowest BCUT2D eigenvalue weighted by Crippen LogP contribution is -2.23. The molecule has 1 aromatic heterocycles. The van der Waals surface area contributed by atoms with E-state index in [9.17, 15) is 14.7 Å². The molecule has 9 heteroatoms. The van der Waals surface area contributed by atoms with Crippen LogP contribution in [-0.2, 0) is 17.9 Å². The van der Waals surface area contributed by atoms with Gasteiger partial charge in [-0.2, -0.15) is 0 Å². The average molecular weight is 402 g/mol. The van der Waals surface area contributed by atoms with Gasteiger partial charge in [0.15, 0.2) is 0 Å². The van der Waals surface area contributed by atoms with Gasteiger partial charge in [-0.05, 0) is 40.8 Å². The number of hydrogen-bond acceptors (Lipinski definition) is 5. The molecule has 0 spiro atoms. The number of halogens is 1. The molecule has 1 heterocycles. The third-order valence-corrected chi connectivity index (χ3v) is 3.43. The SMILES string of the molecule is O=C(O)Cn1cc(CNC(=O)c2ccc(I)c(O)c2)nn1. The summed E-state index contributed by atoms with van der Waals surface area (Å²) in [6.45, 7) is -0.170. The van der Waals surface area contributed by atoms with E-state index in [2.05, 4.69) is 15.6 Å². The van der Waals surface area contributed by atoms with E-state index in [0.717, 1.165) is 0 Å². The van der Waals surface area contributed by atoms with Crippen LogP contribution in [0.3, 0.4) is 0 Å². The summed E-state index contributed by atoms with van der Waals surface area (Å²) in [7, 11) is 0. The van der Waals surface area contributed by atoms with E-state index in [0.29, 0.717) is 14.8 Å².